The van der Waals surface area contributed by atoms with E-state index in [0.29, 0.717) is 42.4 Å². The third kappa shape index (κ3) is 4.02. The number of aromatic amines is 1. The molecular formula is C28H33N5O3. The summed E-state index contributed by atoms with van der Waals surface area (Å²) in [5.41, 5.74) is 3.42. The summed E-state index contributed by atoms with van der Waals surface area (Å²) < 4.78 is 1.91. The van der Waals surface area contributed by atoms with Crippen molar-refractivity contribution in [2.24, 2.45) is 5.41 Å². The Morgan fingerprint density at radius 2 is 1.89 bits per heavy atom. The predicted molar refractivity (Wildman–Crippen MR) is 136 cm³/mol. The van der Waals surface area contributed by atoms with Crippen LogP contribution in [0.15, 0.2) is 30.6 Å². The fraction of sp³-hybridized carbons (Fsp3) is 0.500. The Morgan fingerprint density at radius 3 is 2.58 bits per heavy atom. The van der Waals surface area contributed by atoms with Gasteiger partial charge in [-0.3, -0.25) is 19.1 Å². The van der Waals surface area contributed by atoms with Crippen molar-refractivity contribution in [1.82, 2.24) is 25.0 Å². The van der Waals surface area contributed by atoms with Crippen LogP contribution in [0.5, 0.6) is 0 Å². The molecule has 0 radical (unpaired) electrons. The molecule has 0 atom stereocenters. The van der Waals surface area contributed by atoms with Gasteiger partial charge in [0.1, 0.15) is 5.69 Å². The molecule has 1 saturated heterocycles. The zero-order valence-electron chi connectivity index (χ0n) is 21.2. The number of Topliss-reactive ketones (excluding diaryl/α,β-unsaturated/α-hetero) is 1. The van der Waals surface area contributed by atoms with E-state index >= 15 is 0 Å². The van der Waals surface area contributed by atoms with Gasteiger partial charge in [-0.1, -0.05) is 6.07 Å². The molecule has 1 saturated carbocycles. The summed E-state index contributed by atoms with van der Waals surface area (Å²) in [6.07, 6.45) is 8.80. The first-order valence-electron chi connectivity index (χ1n) is 13.0. The highest BCUT2D eigenvalue weighted by atomic mass is 16.2. The van der Waals surface area contributed by atoms with Crippen molar-refractivity contribution in [3.63, 3.8) is 0 Å². The number of likely N-dealkylation sites (tertiary alicyclic amines) is 1. The molecule has 8 heteroatoms. The molecule has 0 unspecified atom stereocenters. The van der Waals surface area contributed by atoms with Crippen molar-refractivity contribution in [3.8, 4) is 0 Å². The monoisotopic (exact) mass is 487 g/mol. The van der Waals surface area contributed by atoms with Crippen molar-refractivity contribution < 1.29 is 14.4 Å². The lowest BCUT2D eigenvalue weighted by Gasteiger charge is -2.43. The number of carbonyl (C=O) groups excluding carboxylic acids is 3. The largest absolute Gasteiger partial charge is 0.360 e. The standard InChI is InChI=1S/C28H33N5O3/c1-27(2,3)33-16-18-13-28(14-23(34)24(18)31-33)8-10-32(11-9-28)26(36)17-4-7-20-21(15-29-22(20)12-17)25(35)30-19-5-6-19/h4,7,12,15-16,19,29H,5-6,8-11,13-14H2,1-3H3,(H,30,35). The zero-order chi connectivity index (χ0) is 25.2. The third-order valence-electron chi connectivity index (χ3n) is 8.04. The molecule has 36 heavy (non-hydrogen) atoms. The summed E-state index contributed by atoms with van der Waals surface area (Å²) in [6.45, 7) is 7.53. The fourth-order valence-electron chi connectivity index (χ4n) is 5.67. The summed E-state index contributed by atoms with van der Waals surface area (Å²) >= 11 is 0. The SMILES string of the molecule is CC(C)(C)n1cc2c(n1)C(=O)CC1(CCN(C(=O)c3ccc4c(C(=O)NC5CC5)c[nH]c4c3)CC1)C2. The maximum Gasteiger partial charge on any atom is 0.253 e. The van der Waals surface area contributed by atoms with E-state index in [9.17, 15) is 14.4 Å². The van der Waals surface area contributed by atoms with E-state index in [4.69, 9.17) is 0 Å². The van der Waals surface area contributed by atoms with E-state index in [1.54, 1.807) is 6.20 Å². The molecule has 8 nitrogen and oxygen atoms in total. The first kappa shape index (κ1) is 23.0. The number of rotatable bonds is 3. The van der Waals surface area contributed by atoms with Gasteiger partial charge in [-0.2, -0.15) is 5.10 Å². The molecule has 2 fully saturated rings. The molecule has 2 aromatic heterocycles. The fourth-order valence-corrected chi connectivity index (χ4v) is 5.67. The number of nitrogens with zero attached hydrogens (tertiary/aromatic N) is 3. The molecule has 1 aromatic carbocycles. The number of carbonyl (C=O) groups is 3. The molecule has 6 rings (SSSR count). The summed E-state index contributed by atoms with van der Waals surface area (Å²) in [5, 5.41) is 8.44. The van der Waals surface area contributed by atoms with Crippen LogP contribution >= 0.6 is 0 Å². The summed E-state index contributed by atoms with van der Waals surface area (Å²) in [7, 11) is 0. The van der Waals surface area contributed by atoms with Crippen LogP contribution in [0.2, 0.25) is 0 Å². The average Bonchev–Trinajstić information content (AvgIpc) is 3.36. The lowest BCUT2D eigenvalue weighted by molar-refractivity contribution is 0.0519. The van der Waals surface area contributed by atoms with Crippen molar-refractivity contribution >= 4 is 28.5 Å². The number of hydrogen-bond acceptors (Lipinski definition) is 4. The number of H-pyrrole nitrogens is 1. The highest BCUT2D eigenvalue weighted by Crippen LogP contribution is 2.43. The van der Waals surface area contributed by atoms with E-state index in [2.05, 4.69) is 36.2 Å². The van der Waals surface area contributed by atoms with Crippen LogP contribution in [0, 0.1) is 5.41 Å². The van der Waals surface area contributed by atoms with Crippen molar-refractivity contribution in [3.05, 3.63) is 53.0 Å². The molecule has 188 valence electrons. The molecule has 3 aliphatic rings. The smallest absolute Gasteiger partial charge is 0.253 e. The Bertz CT molecular complexity index is 1380. The Kier molecular flexibility index (Phi) is 5.14. The van der Waals surface area contributed by atoms with E-state index in [0.717, 1.165) is 48.6 Å². The van der Waals surface area contributed by atoms with Gasteiger partial charge in [0.15, 0.2) is 5.78 Å². The molecule has 3 heterocycles. The zero-order valence-corrected chi connectivity index (χ0v) is 21.2. The first-order valence-corrected chi connectivity index (χ1v) is 13.0. The van der Waals surface area contributed by atoms with Gasteiger partial charge in [-0.25, -0.2) is 0 Å². The Hall–Kier alpha value is -3.42. The van der Waals surface area contributed by atoms with E-state index in [-0.39, 0.29) is 28.6 Å². The number of aromatic nitrogens is 3. The van der Waals surface area contributed by atoms with Gasteiger partial charge in [0, 0.05) is 60.0 Å². The average molecular weight is 488 g/mol. The second-order valence-electron chi connectivity index (χ2n) is 11.9. The molecule has 1 spiro atoms. The summed E-state index contributed by atoms with van der Waals surface area (Å²) in [4.78, 5) is 43.9. The molecule has 0 bridgehead atoms. The minimum absolute atomic E-state index is 0.00582. The minimum atomic E-state index is -0.164. The van der Waals surface area contributed by atoms with Crippen LogP contribution in [0.3, 0.4) is 0 Å². The maximum absolute atomic E-state index is 13.3. The normalized spacial score (nSPS) is 19.5. The quantitative estimate of drug-likeness (QED) is 0.582. The number of amides is 2. The highest BCUT2D eigenvalue weighted by molar-refractivity contribution is 6.08. The number of hydrogen-bond donors (Lipinski definition) is 2. The second kappa shape index (κ2) is 8.05. The van der Waals surface area contributed by atoms with Gasteiger partial charge >= 0.3 is 0 Å². The first-order chi connectivity index (χ1) is 17.1. The number of piperidine rings is 1. The minimum Gasteiger partial charge on any atom is -0.360 e. The van der Waals surface area contributed by atoms with Gasteiger partial charge in [0.05, 0.1) is 11.1 Å². The highest BCUT2D eigenvalue weighted by Gasteiger charge is 2.43. The van der Waals surface area contributed by atoms with Gasteiger partial charge in [-0.05, 0) is 70.4 Å². The Labute approximate surface area is 210 Å². The number of nitrogens with one attached hydrogen (secondary N) is 2. The second-order valence-corrected chi connectivity index (χ2v) is 11.9. The molecular weight excluding hydrogens is 454 g/mol. The number of fused-ring (bicyclic) bond motifs is 2. The van der Waals surface area contributed by atoms with Gasteiger partial charge < -0.3 is 15.2 Å². The van der Waals surface area contributed by atoms with Crippen molar-refractivity contribution in [2.45, 2.75) is 70.9 Å². The molecule has 2 N–H and O–H groups in total. The van der Waals surface area contributed by atoms with Crippen molar-refractivity contribution in [2.75, 3.05) is 13.1 Å². The number of ketones is 1. The van der Waals surface area contributed by atoms with Crippen molar-refractivity contribution in [1.29, 1.82) is 0 Å². The van der Waals surface area contributed by atoms with E-state index in [1.807, 2.05) is 34.0 Å². The van der Waals surface area contributed by atoms with Gasteiger partial charge in [-0.15, -0.1) is 0 Å². The van der Waals surface area contributed by atoms with Crippen LogP contribution in [0.4, 0.5) is 0 Å². The van der Waals surface area contributed by atoms with Crippen LogP contribution in [-0.4, -0.2) is 56.4 Å². The van der Waals surface area contributed by atoms with Crippen LogP contribution in [0.1, 0.15) is 89.6 Å². The lowest BCUT2D eigenvalue weighted by atomic mass is 9.67. The summed E-state index contributed by atoms with van der Waals surface area (Å²) in [6, 6.07) is 5.81. The molecule has 1 aliphatic heterocycles. The third-order valence-corrected chi connectivity index (χ3v) is 8.04. The van der Waals surface area contributed by atoms with Crippen LogP contribution in [-0.2, 0) is 12.0 Å². The Morgan fingerprint density at radius 1 is 1.14 bits per heavy atom. The summed E-state index contributed by atoms with van der Waals surface area (Å²) in [5.74, 6) is 0.0499. The molecule has 3 aromatic rings. The van der Waals surface area contributed by atoms with E-state index < -0.39 is 0 Å². The predicted octanol–water partition coefficient (Wildman–Crippen LogP) is 4.06. The topological polar surface area (TPSA) is 100 Å². The molecule has 2 aliphatic carbocycles. The number of benzene rings is 1. The lowest BCUT2D eigenvalue weighted by Crippen LogP contribution is -2.46. The van der Waals surface area contributed by atoms with Crippen LogP contribution in [0.25, 0.3) is 10.9 Å². The van der Waals surface area contributed by atoms with Crippen LogP contribution < -0.4 is 5.32 Å². The Balaban J connectivity index is 1.15. The van der Waals surface area contributed by atoms with Gasteiger partial charge in [0.25, 0.3) is 11.8 Å². The van der Waals surface area contributed by atoms with E-state index in [1.165, 1.54) is 0 Å². The van der Waals surface area contributed by atoms with Gasteiger partial charge in [0.2, 0.25) is 0 Å². The maximum atomic E-state index is 13.3. The molecule has 2 amide bonds.